The first-order chi connectivity index (χ1) is 8.27. The minimum absolute atomic E-state index is 0.425. The second kappa shape index (κ2) is 3.84. The first-order valence-corrected chi connectivity index (χ1v) is 5.92. The number of hydrogen-bond donors (Lipinski definition) is 0. The van der Waals surface area contributed by atoms with Crippen molar-refractivity contribution in [3.05, 3.63) is 47.8 Å². The van der Waals surface area contributed by atoms with Gasteiger partial charge in [-0.25, -0.2) is 9.97 Å². The molecule has 0 N–H and O–H groups in total. The van der Waals surface area contributed by atoms with Gasteiger partial charge >= 0.3 is 0 Å². The molecular weight excluding hydrogens is 210 g/mol. The number of aromatic nitrogens is 2. The van der Waals surface area contributed by atoms with Gasteiger partial charge in [0.2, 0.25) is 5.95 Å². The monoisotopic (exact) mass is 225 g/mol. The van der Waals surface area contributed by atoms with E-state index < -0.39 is 0 Å². The van der Waals surface area contributed by atoms with E-state index in [2.05, 4.69) is 46.9 Å². The first kappa shape index (κ1) is 10.3. The van der Waals surface area contributed by atoms with Crippen LogP contribution in [0.2, 0.25) is 0 Å². The van der Waals surface area contributed by atoms with Crippen LogP contribution in [0, 0.1) is 6.92 Å². The molecule has 0 fully saturated rings. The Morgan fingerprint density at radius 3 is 2.71 bits per heavy atom. The Morgan fingerprint density at radius 1 is 1.18 bits per heavy atom. The van der Waals surface area contributed by atoms with E-state index in [1.807, 2.05) is 6.07 Å². The Morgan fingerprint density at radius 2 is 1.94 bits per heavy atom. The number of rotatable bonds is 1. The lowest BCUT2D eigenvalue weighted by Gasteiger charge is -2.23. The number of fused-ring (bicyclic) bond motifs is 1. The van der Waals surface area contributed by atoms with Crippen molar-refractivity contribution in [3.8, 4) is 0 Å². The topological polar surface area (TPSA) is 29.0 Å². The molecule has 1 aromatic heterocycles. The molecule has 2 heterocycles. The van der Waals surface area contributed by atoms with Crippen LogP contribution in [-0.2, 0) is 6.42 Å². The molecular formula is C14H15N3. The minimum atomic E-state index is 0.425. The van der Waals surface area contributed by atoms with Crippen molar-refractivity contribution >= 4 is 11.6 Å². The molecule has 3 heteroatoms. The summed E-state index contributed by atoms with van der Waals surface area (Å²) in [5.74, 6) is 0.799. The predicted molar refractivity (Wildman–Crippen MR) is 68.5 cm³/mol. The van der Waals surface area contributed by atoms with Gasteiger partial charge in [0.05, 0.1) is 5.69 Å². The molecule has 0 unspecified atom stereocenters. The molecule has 0 saturated heterocycles. The fraction of sp³-hybridized carbons (Fsp3) is 0.286. The van der Waals surface area contributed by atoms with Gasteiger partial charge in [-0.1, -0.05) is 18.2 Å². The average molecular weight is 225 g/mol. The molecule has 1 aliphatic rings. The van der Waals surface area contributed by atoms with Gasteiger partial charge in [-0.15, -0.1) is 0 Å². The number of anilines is 2. The number of aryl methyl sites for hydroxylation is 1. The van der Waals surface area contributed by atoms with E-state index in [1.54, 1.807) is 12.4 Å². The largest absolute Gasteiger partial charge is 0.307 e. The van der Waals surface area contributed by atoms with Crippen molar-refractivity contribution in [2.24, 2.45) is 0 Å². The Hall–Kier alpha value is -1.90. The summed E-state index contributed by atoms with van der Waals surface area (Å²) in [7, 11) is 0. The predicted octanol–water partition coefficient (Wildman–Crippen LogP) is 2.87. The summed E-state index contributed by atoms with van der Waals surface area (Å²) < 4.78 is 0. The number of nitrogens with zero attached hydrogens (tertiary/aromatic N) is 3. The lowest BCUT2D eigenvalue weighted by Crippen LogP contribution is -2.26. The molecule has 1 aromatic carbocycles. The quantitative estimate of drug-likeness (QED) is 0.747. The van der Waals surface area contributed by atoms with Crippen LogP contribution < -0.4 is 4.90 Å². The maximum absolute atomic E-state index is 4.37. The highest BCUT2D eigenvalue weighted by molar-refractivity contribution is 5.70. The van der Waals surface area contributed by atoms with Crippen LogP contribution >= 0.6 is 0 Å². The molecule has 17 heavy (non-hydrogen) atoms. The number of para-hydroxylation sites is 1. The Bertz CT molecular complexity index is 536. The first-order valence-electron chi connectivity index (χ1n) is 5.92. The van der Waals surface area contributed by atoms with Gasteiger partial charge in [0, 0.05) is 18.4 Å². The van der Waals surface area contributed by atoms with Crippen molar-refractivity contribution in [1.82, 2.24) is 9.97 Å². The lowest BCUT2D eigenvalue weighted by atomic mass is 10.1. The summed E-state index contributed by atoms with van der Waals surface area (Å²) in [4.78, 5) is 11.0. The maximum atomic E-state index is 4.37. The zero-order valence-corrected chi connectivity index (χ0v) is 10.1. The van der Waals surface area contributed by atoms with Crippen LogP contribution in [0.4, 0.5) is 11.6 Å². The third kappa shape index (κ3) is 1.58. The van der Waals surface area contributed by atoms with Gasteiger partial charge in [-0.05, 0) is 37.5 Å². The maximum Gasteiger partial charge on any atom is 0.230 e. The van der Waals surface area contributed by atoms with E-state index in [-0.39, 0.29) is 0 Å². The molecule has 0 amide bonds. The van der Waals surface area contributed by atoms with Crippen molar-refractivity contribution in [3.63, 3.8) is 0 Å². The molecule has 1 aliphatic heterocycles. The van der Waals surface area contributed by atoms with Crippen LogP contribution in [0.5, 0.6) is 0 Å². The summed E-state index contributed by atoms with van der Waals surface area (Å²) >= 11 is 0. The van der Waals surface area contributed by atoms with Crippen molar-refractivity contribution in [1.29, 1.82) is 0 Å². The molecule has 3 nitrogen and oxygen atoms in total. The fourth-order valence-corrected chi connectivity index (χ4v) is 2.57. The van der Waals surface area contributed by atoms with Crippen molar-refractivity contribution < 1.29 is 0 Å². The van der Waals surface area contributed by atoms with Crippen LogP contribution in [-0.4, -0.2) is 16.0 Å². The van der Waals surface area contributed by atoms with E-state index in [0.29, 0.717) is 6.04 Å². The fourth-order valence-electron chi connectivity index (χ4n) is 2.57. The Kier molecular flexibility index (Phi) is 2.32. The van der Waals surface area contributed by atoms with Crippen molar-refractivity contribution in [2.45, 2.75) is 26.3 Å². The SMILES string of the molecule is Cc1cccc2c1N(c1ncccn1)[C@H](C)C2. The highest BCUT2D eigenvalue weighted by Crippen LogP contribution is 2.38. The van der Waals surface area contributed by atoms with E-state index in [4.69, 9.17) is 0 Å². The van der Waals surface area contributed by atoms with Gasteiger partial charge < -0.3 is 4.90 Å². The lowest BCUT2D eigenvalue weighted by molar-refractivity contribution is 0.739. The summed E-state index contributed by atoms with van der Waals surface area (Å²) in [6.07, 6.45) is 4.66. The average Bonchev–Trinajstić information content (AvgIpc) is 2.68. The molecule has 1 atom stereocenters. The summed E-state index contributed by atoms with van der Waals surface area (Å²) in [6.45, 7) is 4.36. The van der Waals surface area contributed by atoms with E-state index in [1.165, 1.54) is 16.8 Å². The third-order valence-corrected chi connectivity index (χ3v) is 3.29. The molecule has 0 aliphatic carbocycles. The zero-order chi connectivity index (χ0) is 11.8. The molecule has 0 spiro atoms. The molecule has 0 saturated carbocycles. The Balaban J connectivity index is 2.14. The van der Waals surface area contributed by atoms with Gasteiger partial charge in [-0.2, -0.15) is 0 Å². The van der Waals surface area contributed by atoms with E-state index in [0.717, 1.165) is 12.4 Å². The van der Waals surface area contributed by atoms with Crippen molar-refractivity contribution in [2.75, 3.05) is 4.90 Å². The van der Waals surface area contributed by atoms with Gasteiger partial charge in [0.15, 0.2) is 0 Å². The number of benzene rings is 1. The van der Waals surface area contributed by atoms with Gasteiger partial charge in [0.1, 0.15) is 0 Å². The van der Waals surface area contributed by atoms with Crippen LogP contribution in [0.15, 0.2) is 36.7 Å². The molecule has 2 aromatic rings. The molecule has 0 bridgehead atoms. The van der Waals surface area contributed by atoms with E-state index in [9.17, 15) is 0 Å². The van der Waals surface area contributed by atoms with Crippen LogP contribution in [0.3, 0.4) is 0 Å². The highest BCUT2D eigenvalue weighted by Gasteiger charge is 2.29. The third-order valence-electron chi connectivity index (χ3n) is 3.29. The Labute approximate surface area is 101 Å². The summed E-state index contributed by atoms with van der Waals surface area (Å²) in [5.41, 5.74) is 3.97. The zero-order valence-electron chi connectivity index (χ0n) is 10.1. The molecule has 0 radical (unpaired) electrons. The number of hydrogen-bond acceptors (Lipinski definition) is 3. The summed E-state index contributed by atoms with van der Waals surface area (Å²) in [6, 6.07) is 8.74. The second-order valence-electron chi connectivity index (χ2n) is 4.55. The summed E-state index contributed by atoms with van der Waals surface area (Å²) in [5, 5.41) is 0. The molecule has 86 valence electrons. The smallest absolute Gasteiger partial charge is 0.230 e. The molecule has 3 rings (SSSR count). The highest BCUT2D eigenvalue weighted by atomic mass is 15.3. The normalized spacial score (nSPS) is 18.2. The van der Waals surface area contributed by atoms with Gasteiger partial charge in [-0.3, -0.25) is 0 Å². The van der Waals surface area contributed by atoms with Gasteiger partial charge in [0.25, 0.3) is 0 Å². The second-order valence-corrected chi connectivity index (χ2v) is 4.55. The minimum Gasteiger partial charge on any atom is -0.307 e. The van der Waals surface area contributed by atoms with Crippen LogP contribution in [0.1, 0.15) is 18.1 Å². The standard InChI is InChI=1S/C14H15N3/c1-10-5-3-6-12-9-11(2)17(13(10)12)14-15-7-4-8-16-14/h3-8,11H,9H2,1-2H3/t11-/m1/s1. The van der Waals surface area contributed by atoms with Crippen LogP contribution in [0.25, 0.3) is 0 Å². The van der Waals surface area contributed by atoms with E-state index >= 15 is 0 Å².